The lowest BCUT2D eigenvalue weighted by Gasteiger charge is -2.35. The van der Waals surface area contributed by atoms with E-state index in [0.29, 0.717) is 17.1 Å². The average Bonchev–Trinajstić information content (AvgIpc) is 2.28. The van der Waals surface area contributed by atoms with Crippen LogP contribution in [0, 0.1) is 11.8 Å². The first-order chi connectivity index (χ1) is 7.56. The fraction of sp³-hybridized carbons (Fsp3) is 0.917. The molecule has 0 aromatic rings. The summed E-state index contributed by atoms with van der Waals surface area (Å²) in [5.74, 6) is 3.22. The van der Waals surface area contributed by atoms with Crippen molar-refractivity contribution in [2.45, 2.75) is 26.0 Å². The van der Waals surface area contributed by atoms with Gasteiger partial charge in [-0.1, -0.05) is 20.8 Å². The Balaban J connectivity index is 2.49. The first kappa shape index (κ1) is 14.2. The summed E-state index contributed by atoms with van der Waals surface area (Å²) in [5.41, 5.74) is 0. The number of carbonyl (C=O) groups is 1. The van der Waals surface area contributed by atoms with Crippen molar-refractivity contribution >= 4 is 29.4 Å². The molecule has 0 N–H and O–H groups in total. The molecular formula is C12H23NOS2. The van der Waals surface area contributed by atoms with Gasteiger partial charge in [0.15, 0.2) is 0 Å². The quantitative estimate of drug-likeness (QED) is 0.776. The topological polar surface area (TPSA) is 20.3 Å². The summed E-state index contributed by atoms with van der Waals surface area (Å²) in [6.45, 7) is 8.42. The maximum absolute atomic E-state index is 12.2. The van der Waals surface area contributed by atoms with Crippen LogP contribution >= 0.6 is 23.5 Å². The monoisotopic (exact) mass is 261 g/mol. The summed E-state index contributed by atoms with van der Waals surface area (Å²) >= 11 is 3.77. The van der Waals surface area contributed by atoms with Crippen LogP contribution in [0.4, 0.5) is 0 Å². The van der Waals surface area contributed by atoms with Crippen LogP contribution in [0.3, 0.4) is 0 Å². The van der Waals surface area contributed by atoms with Gasteiger partial charge in [-0.3, -0.25) is 4.79 Å². The van der Waals surface area contributed by atoms with Crippen LogP contribution in [0.25, 0.3) is 0 Å². The Morgan fingerprint density at radius 3 is 2.75 bits per heavy atom. The first-order valence-corrected chi connectivity index (χ1v) is 8.39. The summed E-state index contributed by atoms with van der Waals surface area (Å²) < 4.78 is 0. The molecule has 0 saturated carbocycles. The zero-order chi connectivity index (χ0) is 12.1. The zero-order valence-electron chi connectivity index (χ0n) is 10.7. The fourth-order valence-electron chi connectivity index (χ4n) is 1.91. The number of hydrogen-bond acceptors (Lipinski definition) is 3. The third-order valence-electron chi connectivity index (χ3n) is 2.99. The molecule has 0 aromatic carbocycles. The van der Waals surface area contributed by atoms with Gasteiger partial charge >= 0.3 is 0 Å². The van der Waals surface area contributed by atoms with Gasteiger partial charge in [0.2, 0.25) is 5.91 Å². The lowest BCUT2D eigenvalue weighted by atomic mass is 10.1. The number of carbonyl (C=O) groups excluding carboxylic acids is 1. The molecule has 1 saturated heterocycles. The van der Waals surface area contributed by atoms with Gasteiger partial charge in [-0.15, -0.1) is 0 Å². The van der Waals surface area contributed by atoms with Crippen LogP contribution < -0.4 is 0 Å². The van der Waals surface area contributed by atoms with E-state index >= 15 is 0 Å². The third kappa shape index (κ3) is 3.88. The molecule has 1 heterocycles. The van der Waals surface area contributed by atoms with E-state index < -0.39 is 0 Å². The molecule has 94 valence electrons. The maximum atomic E-state index is 12.2. The van der Waals surface area contributed by atoms with Crippen molar-refractivity contribution in [1.29, 1.82) is 0 Å². The minimum atomic E-state index is 0.172. The summed E-state index contributed by atoms with van der Waals surface area (Å²) in [7, 11) is 0. The minimum Gasteiger partial charge on any atom is -0.340 e. The highest BCUT2D eigenvalue weighted by molar-refractivity contribution is 8.00. The molecule has 1 aliphatic heterocycles. The van der Waals surface area contributed by atoms with Gasteiger partial charge in [0.05, 0.1) is 0 Å². The second-order valence-electron chi connectivity index (χ2n) is 4.79. The van der Waals surface area contributed by atoms with Gasteiger partial charge in [0, 0.05) is 35.8 Å². The van der Waals surface area contributed by atoms with Crippen LogP contribution in [-0.4, -0.2) is 46.9 Å². The van der Waals surface area contributed by atoms with E-state index in [9.17, 15) is 4.79 Å². The van der Waals surface area contributed by atoms with Crippen molar-refractivity contribution in [3.05, 3.63) is 0 Å². The zero-order valence-corrected chi connectivity index (χ0v) is 12.4. The second-order valence-corrected chi connectivity index (χ2v) is 7.05. The van der Waals surface area contributed by atoms with Gasteiger partial charge < -0.3 is 4.90 Å². The summed E-state index contributed by atoms with van der Waals surface area (Å²) in [5, 5.41) is 0.624. The second kappa shape index (κ2) is 6.80. The van der Waals surface area contributed by atoms with Crippen LogP contribution in [0.15, 0.2) is 0 Å². The maximum Gasteiger partial charge on any atom is 0.226 e. The smallest absolute Gasteiger partial charge is 0.226 e. The molecule has 2 atom stereocenters. The Morgan fingerprint density at radius 2 is 2.19 bits per heavy atom. The van der Waals surface area contributed by atoms with Crippen LogP contribution in [0.5, 0.6) is 0 Å². The predicted molar refractivity (Wildman–Crippen MR) is 75.2 cm³/mol. The van der Waals surface area contributed by atoms with Gasteiger partial charge in [0.1, 0.15) is 0 Å². The average molecular weight is 261 g/mol. The minimum absolute atomic E-state index is 0.172. The molecule has 1 amide bonds. The van der Waals surface area contributed by atoms with E-state index in [1.165, 1.54) is 0 Å². The van der Waals surface area contributed by atoms with E-state index in [1.807, 2.05) is 18.7 Å². The van der Waals surface area contributed by atoms with Crippen molar-refractivity contribution in [3.63, 3.8) is 0 Å². The molecule has 0 aromatic heterocycles. The lowest BCUT2D eigenvalue weighted by molar-refractivity contribution is -0.134. The van der Waals surface area contributed by atoms with Crippen LogP contribution in [0.2, 0.25) is 0 Å². The standard InChI is InChI=1S/C12H23NOS2/c1-9(2)11-7-13(5-6-16-11)12(14)10(3)8-15-4/h9-11H,5-8H2,1-4H3/t10-,11+/m0/s1. The largest absolute Gasteiger partial charge is 0.340 e. The number of rotatable bonds is 4. The molecule has 0 spiro atoms. The molecule has 0 radical (unpaired) electrons. The Hall–Kier alpha value is 0.170. The van der Waals surface area contributed by atoms with Crippen molar-refractivity contribution in [3.8, 4) is 0 Å². The SMILES string of the molecule is CSC[C@H](C)C(=O)N1CCS[C@@H](C(C)C)C1. The molecule has 4 heteroatoms. The Bertz CT molecular complexity index is 233. The highest BCUT2D eigenvalue weighted by Crippen LogP contribution is 2.26. The van der Waals surface area contributed by atoms with Crippen molar-refractivity contribution in [1.82, 2.24) is 4.90 Å². The Kier molecular flexibility index (Phi) is 6.05. The fourth-order valence-corrected chi connectivity index (χ4v) is 3.85. The molecule has 1 fully saturated rings. The number of hydrogen-bond donors (Lipinski definition) is 0. The van der Waals surface area contributed by atoms with Crippen molar-refractivity contribution < 1.29 is 4.79 Å². The van der Waals surface area contributed by atoms with E-state index in [0.717, 1.165) is 24.6 Å². The predicted octanol–water partition coefficient (Wildman–Crippen LogP) is 2.59. The van der Waals surface area contributed by atoms with Gasteiger partial charge in [0.25, 0.3) is 0 Å². The Morgan fingerprint density at radius 1 is 1.50 bits per heavy atom. The van der Waals surface area contributed by atoms with E-state index in [2.05, 4.69) is 25.0 Å². The number of thioether (sulfide) groups is 2. The number of amides is 1. The molecule has 0 bridgehead atoms. The third-order valence-corrected chi connectivity index (χ3v) is 5.36. The van der Waals surface area contributed by atoms with Crippen LogP contribution in [-0.2, 0) is 4.79 Å². The molecule has 1 aliphatic rings. The molecule has 16 heavy (non-hydrogen) atoms. The molecule has 1 rings (SSSR count). The highest BCUT2D eigenvalue weighted by atomic mass is 32.2. The Labute approximate surface area is 108 Å². The van der Waals surface area contributed by atoms with Crippen molar-refractivity contribution in [2.24, 2.45) is 11.8 Å². The summed E-state index contributed by atoms with van der Waals surface area (Å²) in [6.07, 6.45) is 2.06. The normalized spacial score (nSPS) is 23.6. The molecule has 0 aliphatic carbocycles. The molecular weight excluding hydrogens is 238 g/mol. The first-order valence-electron chi connectivity index (χ1n) is 5.95. The van der Waals surface area contributed by atoms with Gasteiger partial charge in [-0.05, 0) is 12.2 Å². The van der Waals surface area contributed by atoms with E-state index in [-0.39, 0.29) is 5.92 Å². The molecule has 2 nitrogen and oxygen atoms in total. The highest BCUT2D eigenvalue weighted by Gasteiger charge is 2.28. The van der Waals surface area contributed by atoms with E-state index in [1.54, 1.807) is 11.8 Å². The summed E-state index contributed by atoms with van der Waals surface area (Å²) in [4.78, 5) is 14.2. The molecule has 0 unspecified atom stereocenters. The van der Waals surface area contributed by atoms with Crippen molar-refractivity contribution in [2.75, 3.05) is 30.9 Å². The number of nitrogens with zero attached hydrogens (tertiary/aromatic N) is 1. The van der Waals surface area contributed by atoms with E-state index in [4.69, 9.17) is 0 Å². The van der Waals surface area contributed by atoms with Gasteiger partial charge in [-0.25, -0.2) is 0 Å². The van der Waals surface area contributed by atoms with Crippen LogP contribution in [0.1, 0.15) is 20.8 Å². The summed E-state index contributed by atoms with van der Waals surface area (Å²) in [6, 6.07) is 0. The van der Waals surface area contributed by atoms with Gasteiger partial charge in [-0.2, -0.15) is 23.5 Å². The lowest BCUT2D eigenvalue weighted by Crippen LogP contribution is -2.45.